The average Bonchev–Trinajstić information content (AvgIpc) is 3.26. The number of nitro groups is 1. The molecule has 0 bridgehead atoms. The fraction of sp³-hybridized carbons (Fsp3) is 0.500. The summed E-state index contributed by atoms with van der Waals surface area (Å²) in [5.41, 5.74) is 1.10. The van der Waals surface area contributed by atoms with Crippen molar-refractivity contribution in [3.63, 3.8) is 0 Å². The third-order valence-corrected chi connectivity index (χ3v) is 5.41. The van der Waals surface area contributed by atoms with Gasteiger partial charge in [0.05, 0.1) is 12.0 Å². The Labute approximate surface area is 163 Å². The van der Waals surface area contributed by atoms with Crippen molar-refractivity contribution in [1.82, 2.24) is 4.90 Å². The summed E-state index contributed by atoms with van der Waals surface area (Å²) in [6.45, 7) is 2.93. The summed E-state index contributed by atoms with van der Waals surface area (Å²) in [4.78, 5) is 38.9. The van der Waals surface area contributed by atoms with E-state index >= 15 is 0 Å². The van der Waals surface area contributed by atoms with E-state index in [1.54, 1.807) is 12.1 Å². The lowest BCUT2D eigenvalue weighted by atomic mass is 9.94. The van der Waals surface area contributed by atoms with Gasteiger partial charge in [0.15, 0.2) is 0 Å². The molecular weight excluding hydrogens is 362 g/mol. The van der Waals surface area contributed by atoms with E-state index in [2.05, 4.69) is 4.74 Å². The molecule has 0 saturated carbocycles. The molecule has 0 aromatic heterocycles. The first-order valence-electron chi connectivity index (χ1n) is 9.58. The maximum atomic E-state index is 12.6. The molecule has 2 aliphatic heterocycles. The number of piperidine rings is 1. The highest BCUT2D eigenvalue weighted by Crippen LogP contribution is 2.33. The first-order valence-corrected chi connectivity index (χ1v) is 9.58. The van der Waals surface area contributed by atoms with Gasteiger partial charge in [-0.25, -0.2) is 4.79 Å². The largest absolute Gasteiger partial charge is 0.466 e. The normalized spacial score (nSPS) is 17.9. The third-order valence-electron chi connectivity index (χ3n) is 5.41. The van der Waals surface area contributed by atoms with Crippen LogP contribution in [-0.2, 0) is 14.3 Å². The number of rotatable bonds is 5. The molecule has 0 spiro atoms. The predicted octanol–water partition coefficient (Wildman–Crippen LogP) is 2.62. The zero-order valence-corrected chi connectivity index (χ0v) is 16.0. The van der Waals surface area contributed by atoms with Crippen LogP contribution in [0, 0.1) is 16.0 Å². The Morgan fingerprint density at radius 2 is 1.86 bits per heavy atom. The number of nitrogens with zero attached hydrogens (tertiary/aromatic N) is 3. The first-order chi connectivity index (χ1) is 13.5. The highest BCUT2D eigenvalue weighted by Gasteiger charge is 2.31. The highest BCUT2D eigenvalue weighted by molar-refractivity contribution is 5.87. The second kappa shape index (κ2) is 8.86. The number of amides is 1. The molecule has 8 nitrogen and oxygen atoms in total. The maximum absolute atomic E-state index is 12.6. The van der Waals surface area contributed by atoms with Crippen molar-refractivity contribution in [3.05, 3.63) is 40.0 Å². The van der Waals surface area contributed by atoms with Gasteiger partial charge in [-0.05, 0) is 43.4 Å². The molecule has 2 saturated heterocycles. The number of methoxy groups -OCH3 is 1. The summed E-state index contributed by atoms with van der Waals surface area (Å²) in [7, 11) is 1.27. The summed E-state index contributed by atoms with van der Waals surface area (Å²) in [6.07, 6.45) is 6.28. The molecule has 0 atom stereocenters. The van der Waals surface area contributed by atoms with Crippen LogP contribution in [0.3, 0.4) is 0 Å². The fourth-order valence-electron chi connectivity index (χ4n) is 3.85. The van der Waals surface area contributed by atoms with Crippen LogP contribution < -0.4 is 4.90 Å². The monoisotopic (exact) mass is 387 g/mol. The van der Waals surface area contributed by atoms with E-state index in [9.17, 15) is 19.7 Å². The van der Waals surface area contributed by atoms with Crippen LogP contribution in [0.15, 0.2) is 24.3 Å². The molecule has 0 aliphatic carbocycles. The zero-order chi connectivity index (χ0) is 20.1. The zero-order valence-electron chi connectivity index (χ0n) is 16.0. The molecule has 0 unspecified atom stereocenters. The van der Waals surface area contributed by atoms with Crippen molar-refractivity contribution in [2.75, 3.05) is 38.2 Å². The minimum atomic E-state index is -0.517. The van der Waals surface area contributed by atoms with E-state index in [0.29, 0.717) is 37.2 Å². The van der Waals surface area contributed by atoms with Crippen LogP contribution in [0.5, 0.6) is 0 Å². The van der Waals surface area contributed by atoms with Crippen LogP contribution in [0.2, 0.25) is 0 Å². The minimum absolute atomic E-state index is 0.00339. The Balaban J connectivity index is 1.69. The van der Waals surface area contributed by atoms with Gasteiger partial charge in [0.1, 0.15) is 5.69 Å². The number of hydrogen-bond acceptors (Lipinski definition) is 6. The van der Waals surface area contributed by atoms with Crippen LogP contribution >= 0.6 is 0 Å². The number of esters is 1. The summed E-state index contributed by atoms with van der Waals surface area (Å²) >= 11 is 0. The van der Waals surface area contributed by atoms with E-state index in [1.165, 1.54) is 25.3 Å². The lowest BCUT2D eigenvalue weighted by Gasteiger charge is -2.34. The van der Waals surface area contributed by atoms with E-state index in [0.717, 1.165) is 25.9 Å². The van der Waals surface area contributed by atoms with E-state index < -0.39 is 10.9 Å². The number of benzene rings is 1. The number of hydrogen-bond donors (Lipinski definition) is 0. The molecule has 2 fully saturated rings. The van der Waals surface area contributed by atoms with E-state index in [1.807, 2.05) is 9.80 Å². The van der Waals surface area contributed by atoms with Gasteiger partial charge in [-0.15, -0.1) is 0 Å². The molecule has 1 aromatic carbocycles. The Kier molecular flexibility index (Phi) is 6.28. The van der Waals surface area contributed by atoms with Gasteiger partial charge in [-0.1, -0.05) is 6.07 Å². The number of carbonyl (C=O) groups excluding carboxylic acids is 2. The molecule has 2 heterocycles. The quantitative estimate of drug-likeness (QED) is 0.334. The SMILES string of the molecule is COC(=O)/C=C/c1ccc(N2CCC(C(=O)N3CCCC3)CC2)c([N+](=O)[O-])c1. The Morgan fingerprint density at radius 3 is 2.46 bits per heavy atom. The smallest absolute Gasteiger partial charge is 0.330 e. The number of nitro benzene ring substituents is 1. The number of anilines is 1. The highest BCUT2D eigenvalue weighted by atomic mass is 16.6. The van der Waals surface area contributed by atoms with Gasteiger partial charge in [0.25, 0.3) is 5.69 Å². The summed E-state index contributed by atoms with van der Waals surface area (Å²) in [5, 5.41) is 11.6. The maximum Gasteiger partial charge on any atom is 0.330 e. The van der Waals surface area contributed by atoms with E-state index in [4.69, 9.17) is 0 Å². The first kappa shape index (κ1) is 19.9. The van der Waals surface area contributed by atoms with Crippen molar-refractivity contribution in [2.45, 2.75) is 25.7 Å². The summed E-state index contributed by atoms with van der Waals surface area (Å²) < 4.78 is 4.54. The molecule has 1 aromatic rings. The van der Waals surface area contributed by atoms with Crippen molar-refractivity contribution < 1.29 is 19.2 Å². The molecule has 1 amide bonds. The Hall–Kier alpha value is -2.90. The Bertz CT molecular complexity index is 778. The van der Waals surface area contributed by atoms with Gasteiger partial charge in [0.2, 0.25) is 5.91 Å². The van der Waals surface area contributed by atoms with Crippen LogP contribution in [-0.4, -0.2) is 55.0 Å². The van der Waals surface area contributed by atoms with Gasteiger partial charge < -0.3 is 14.5 Å². The van der Waals surface area contributed by atoms with Gasteiger partial charge >= 0.3 is 5.97 Å². The fourth-order valence-corrected chi connectivity index (χ4v) is 3.85. The van der Waals surface area contributed by atoms with Crippen molar-refractivity contribution in [1.29, 1.82) is 0 Å². The second-order valence-electron chi connectivity index (χ2n) is 7.16. The number of ether oxygens (including phenoxy) is 1. The van der Waals surface area contributed by atoms with Crippen molar-refractivity contribution >= 4 is 29.3 Å². The summed E-state index contributed by atoms with van der Waals surface area (Å²) in [6, 6.07) is 4.90. The van der Waals surface area contributed by atoms with Crippen LogP contribution in [0.1, 0.15) is 31.2 Å². The van der Waals surface area contributed by atoms with Crippen LogP contribution in [0.25, 0.3) is 6.08 Å². The number of likely N-dealkylation sites (tertiary alicyclic amines) is 1. The molecule has 0 radical (unpaired) electrons. The second-order valence-corrected chi connectivity index (χ2v) is 7.16. The predicted molar refractivity (Wildman–Crippen MR) is 105 cm³/mol. The number of carbonyl (C=O) groups is 2. The molecule has 2 aliphatic rings. The topological polar surface area (TPSA) is 93.0 Å². The molecule has 28 heavy (non-hydrogen) atoms. The summed E-state index contributed by atoms with van der Waals surface area (Å²) in [5.74, 6) is -0.276. The average molecular weight is 387 g/mol. The van der Waals surface area contributed by atoms with Gasteiger partial charge in [-0.3, -0.25) is 14.9 Å². The third kappa shape index (κ3) is 4.49. The Morgan fingerprint density at radius 1 is 1.18 bits per heavy atom. The molecule has 8 heteroatoms. The molecule has 0 N–H and O–H groups in total. The standard InChI is InChI=1S/C20H25N3O5/c1-28-19(24)7-5-15-4-6-17(18(14-15)23(26)27)21-12-8-16(9-13-21)20(25)22-10-2-3-11-22/h4-7,14,16H,2-3,8-13H2,1H3/b7-5+. The molecular formula is C20H25N3O5. The molecule has 3 rings (SSSR count). The van der Waals surface area contributed by atoms with Gasteiger partial charge in [0, 0.05) is 44.2 Å². The van der Waals surface area contributed by atoms with Crippen LogP contribution in [0.4, 0.5) is 11.4 Å². The lowest BCUT2D eigenvalue weighted by molar-refractivity contribution is -0.384. The lowest BCUT2D eigenvalue weighted by Crippen LogP contribution is -2.41. The van der Waals surface area contributed by atoms with Gasteiger partial charge in [-0.2, -0.15) is 0 Å². The minimum Gasteiger partial charge on any atom is -0.466 e. The van der Waals surface area contributed by atoms with Crippen molar-refractivity contribution in [3.8, 4) is 0 Å². The van der Waals surface area contributed by atoms with E-state index in [-0.39, 0.29) is 17.5 Å². The molecule has 150 valence electrons. The van der Waals surface area contributed by atoms with Crippen molar-refractivity contribution in [2.24, 2.45) is 5.92 Å².